The van der Waals surface area contributed by atoms with Crippen molar-refractivity contribution in [3.05, 3.63) is 140 Å². The highest BCUT2D eigenvalue weighted by molar-refractivity contribution is 7.26. The van der Waals surface area contributed by atoms with Gasteiger partial charge >= 0.3 is 0 Å². The van der Waals surface area contributed by atoms with Gasteiger partial charge in [0.25, 0.3) is 0 Å². The lowest BCUT2D eigenvalue weighted by Crippen LogP contribution is -2.10. The van der Waals surface area contributed by atoms with Gasteiger partial charge in [0.1, 0.15) is 0 Å². The van der Waals surface area contributed by atoms with Crippen LogP contribution in [0.15, 0.2) is 140 Å². The number of hydrogen-bond donors (Lipinski definition) is 0. The summed E-state index contributed by atoms with van der Waals surface area (Å²) in [6, 6.07) is 50.7. The summed E-state index contributed by atoms with van der Waals surface area (Å²) < 4.78 is 2.68. The Labute approximate surface area is 224 Å². The van der Waals surface area contributed by atoms with E-state index in [1.165, 1.54) is 58.2 Å². The molecule has 8 rings (SSSR count). The van der Waals surface area contributed by atoms with Crippen LogP contribution in [0.4, 0.5) is 17.1 Å². The number of nitrogens with zero attached hydrogens (tertiary/aromatic N) is 1. The van der Waals surface area contributed by atoms with E-state index in [1.807, 2.05) is 11.3 Å². The molecule has 178 valence electrons. The van der Waals surface area contributed by atoms with E-state index in [2.05, 4.69) is 144 Å². The molecule has 1 aromatic heterocycles. The van der Waals surface area contributed by atoms with Crippen molar-refractivity contribution in [3.8, 4) is 0 Å². The molecule has 38 heavy (non-hydrogen) atoms. The van der Waals surface area contributed by atoms with E-state index in [0.29, 0.717) is 0 Å². The van der Waals surface area contributed by atoms with E-state index in [4.69, 9.17) is 0 Å². The number of hydrogen-bond acceptors (Lipinski definition) is 2. The smallest absolute Gasteiger partial charge is 0.0546 e. The summed E-state index contributed by atoms with van der Waals surface area (Å²) in [5, 5.41) is 10.3. The van der Waals surface area contributed by atoms with Gasteiger partial charge in [-0.05, 0) is 69.4 Å². The Kier molecular flexibility index (Phi) is 4.76. The average Bonchev–Trinajstić information content (AvgIpc) is 3.37. The number of rotatable bonds is 3. The molecule has 0 bridgehead atoms. The zero-order valence-electron chi connectivity index (χ0n) is 20.6. The standard InChI is InChI=1S/C36H23NS/c1-2-11-26(12-3-1)37(33-23-24-10-4-5-13-28(24)30-14-6-7-15-31(30)33)27-19-20-29-25(22-27)18-21-35-36(29)32-16-8-9-17-34(32)38-35/h1-23H. The van der Waals surface area contributed by atoms with Crippen LogP contribution in [-0.2, 0) is 0 Å². The van der Waals surface area contributed by atoms with E-state index in [1.54, 1.807) is 0 Å². The van der Waals surface area contributed by atoms with Crippen LogP contribution >= 0.6 is 11.3 Å². The topological polar surface area (TPSA) is 3.24 Å². The van der Waals surface area contributed by atoms with Gasteiger partial charge in [-0.15, -0.1) is 11.3 Å². The van der Waals surface area contributed by atoms with Crippen molar-refractivity contribution in [1.82, 2.24) is 0 Å². The fourth-order valence-corrected chi connectivity index (χ4v) is 7.03. The quantitative estimate of drug-likeness (QED) is 0.218. The monoisotopic (exact) mass is 501 g/mol. The van der Waals surface area contributed by atoms with E-state index in [0.717, 1.165) is 11.4 Å². The molecule has 1 nitrogen and oxygen atoms in total. The van der Waals surface area contributed by atoms with Crippen LogP contribution in [0.25, 0.3) is 52.5 Å². The Hall–Kier alpha value is -4.66. The normalized spacial score (nSPS) is 11.7. The SMILES string of the molecule is c1ccc(N(c2ccc3c(ccc4sc5ccccc5c43)c2)c2cc3ccccc3c3ccccc23)cc1. The van der Waals surface area contributed by atoms with Crippen molar-refractivity contribution in [2.24, 2.45) is 0 Å². The predicted octanol–water partition coefficient (Wildman–Crippen LogP) is 11.0. The summed E-state index contributed by atoms with van der Waals surface area (Å²) in [4.78, 5) is 2.41. The van der Waals surface area contributed by atoms with E-state index >= 15 is 0 Å². The van der Waals surface area contributed by atoms with E-state index in [-0.39, 0.29) is 0 Å². The van der Waals surface area contributed by atoms with Crippen LogP contribution in [-0.4, -0.2) is 0 Å². The first kappa shape index (κ1) is 21.4. The number of anilines is 3. The minimum Gasteiger partial charge on any atom is -0.310 e. The highest BCUT2D eigenvalue weighted by Gasteiger charge is 2.18. The maximum Gasteiger partial charge on any atom is 0.0546 e. The molecule has 0 atom stereocenters. The molecule has 8 aromatic rings. The molecular formula is C36H23NS. The maximum atomic E-state index is 2.41. The first-order valence-electron chi connectivity index (χ1n) is 12.9. The third-order valence-corrected chi connectivity index (χ3v) is 8.74. The molecule has 0 aliphatic heterocycles. The Bertz CT molecular complexity index is 2140. The second kappa shape index (κ2) is 8.44. The van der Waals surface area contributed by atoms with Gasteiger partial charge in [0.15, 0.2) is 0 Å². The lowest BCUT2D eigenvalue weighted by molar-refractivity contribution is 1.31. The van der Waals surface area contributed by atoms with Gasteiger partial charge in [-0.2, -0.15) is 0 Å². The van der Waals surface area contributed by atoms with E-state index in [9.17, 15) is 0 Å². The molecule has 0 amide bonds. The Morgan fingerprint density at radius 3 is 1.95 bits per heavy atom. The largest absolute Gasteiger partial charge is 0.310 e. The molecule has 0 N–H and O–H groups in total. The van der Waals surface area contributed by atoms with Gasteiger partial charge in [-0.1, -0.05) is 97.1 Å². The molecule has 0 radical (unpaired) electrons. The minimum atomic E-state index is 1.15. The van der Waals surface area contributed by atoms with Gasteiger partial charge in [-0.25, -0.2) is 0 Å². The van der Waals surface area contributed by atoms with Gasteiger partial charge in [0.2, 0.25) is 0 Å². The summed E-state index contributed by atoms with van der Waals surface area (Å²) in [6.07, 6.45) is 0. The number of para-hydroxylation sites is 1. The number of thiophene rings is 1. The summed E-state index contributed by atoms with van der Waals surface area (Å²) in [7, 11) is 0. The summed E-state index contributed by atoms with van der Waals surface area (Å²) in [6.45, 7) is 0. The van der Waals surface area contributed by atoms with Gasteiger partial charge < -0.3 is 4.90 Å². The molecule has 1 heterocycles. The van der Waals surface area contributed by atoms with Crippen LogP contribution in [0.5, 0.6) is 0 Å². The van der Waals surface area contributed by atoms with Crippen LogP contribution in [0.1, 0.15) is 0 Å². The summed E-state index contributed by atoms with van der Waals surface area (Å²) >= 11 is 1.87. The second-order valence-corrected chi connectivity index (χ2v) is 10.9. The Morgan fingerprint density at radius 1 is 0.395 bits per heavy atom. The third-order valence-electron chi connectivity index (χ3n) is 7.60. The maximum absolute atomic E-state index is 2.41. The molecular weight excluding hydrogens is 478 g/mol. The van der Waals surface area contributed by atoms with Crippen LogP contribution < -0.4 is 4.90 Å². The van der Waals surface area contributed by atoms with Crippen molar-refractivity contribution in [1.29, 1.82) is 0 Å². The van der Waals surface area contributed by atoms with Crippen LogP contribution in [0.2, 0.25) is 0 Å². The average molecular weight is 502 g/mol. The first-order chi connectivity index (χ1) is 18.8. The van der Waals surface area contributed by atoms with Gasteiger partial charge in [0, 0.05) is 36.9 Å². The van der Waals surface area contributed by atoms with E-state index < -0.39 is 0 Å². The molecule has 0 saturated heterocycles. The fraction of sp³-hybridized carbons (Fsp3) is 0. The molecule has 0 saturated carbocycles. The predicted molar refractivity (Wildman–Crippen MR) is 167 cm³/mol. The zero-order valence-corrected chi connectivity index (χ0v) is 21.5. The van der Waals surface area contributed by atoms with Crippen LogP contribution in [0, 0.1) is 0 Å². The molecule has 0 aliphatic carbocycles. The minimum absolute atomic E-state index is 1.15. The van der Waals surface area contributed by atoms with Crippen LogP contribution in [0.3, 0.4) is 0 Å². The van der Waals surface area contributed by atoms with Crippen molar-refractivity contribution in [3.63, 3.8) is 0 Å². The van der Waals surface area contributed by atoms with Crippen molar-refractivity contribution >= 4 is 80.9 Å². The number of benzene rings is 7. The first-order valence-corrected chi connectivity index (χ1v) is 13.8. The Morgan fingerprint density at radius 2 is 1.08 bits per heavy atom. The molecule has 0 fully saturated rings. The van der Waals surface area contributed by atoms with Crippen molar-refractivity contribution in [2.45, 2.75) is 0 Å². The molecule has 0 aliphatic rings. The lowest BCUT2D eigenvalue weighted by atomic mass is 9.98. The lowest BCUT2D eigenvalue weighted by Gasteiger charge is -2.28. The summed E-state index contributed by atoms with van der Waals surface area (Å²) in [5.41, 5.74) is 3.49. The van der Waals surface area contributed by atoms with Gasteiger partial charge in [-0.3, -0.25) is 0 Å². The van der Waals surface area contributed by atoms with Crippen molar-refractivity contribution in [2.75, 3.05) is 4.90 Å². The fourth-order valence-electron chi connectivity index (χ4n) is 5.90. The highest BCUT2D eigenvalue weighted by Crippen LogP contribution is 2.44. The summed E-state index contributed by atoms with van der Waals surface area (Å²) in [5.74, 6) is 0. The molecule has 7 aromatic carbocycles. The van der Waals surface area contributed by atoms with Gasteiger partial charge in [0.05, 0.1) is 5.69 Å². The van der Waals surface area contributed by atoms with Crippen molar-refractivity contribution < 1.29 is 0 Å². The highest BCUT2D eigenvalue weighted by atomic mass is 32.1. The molecule has 0 spiro atoms. The zero-order chi connectivity index (χ0) is 25.1. The third kappa shape index (κ3) is 3.24. The molecule has 2 heteroatoms. The Balaban J connectivity index is 1.42. The molecule has 0 unspecified atom stereocenters. The second-order valence-electron chi connectivity index (χ2n) is 9.78. The number of fused-ring (bicyclic) bond motifs is 8.